The minimum atomic E-state index is -1.32. The molecule has 1 aliphatic heterocycles. The van der Waals surface area contributed by atoms with Crippen molar-refractivity contribution in [3.05, 3.63) is 41.5 Å². The largest absolute Gasteiger partial charge is 0.478 e. The molecule has 7 nitrogen and oxygen atoms in total. The molecule has 1 aromatic rings. The summed E-state index contributed by atoms with van der Waals surface area (Å²) in [5.41, 5.74) is -0.539. The van der Waals surface area contributed by atoms with Gasteiger partial charge in [0.15, 0.2) is 0 Å². The molecule has 1 heterocycles. The van der Waals surface area contributed by atoms with Crippen molar-refractivity contribution in [2.24, 2.45) is 23.7 Å². The third-order valence-electron chi connectivity index (χ3n) is 5.14. The third kappa shape index (κ3) is 1.84. The first-order chi connectivity index (χ1) is 11.4. The predicted molar refractivity (Wildman–Crippen MR) is 80.6 cm³/mol. The molecule has 2 aliphatic carbocycles. The average molecular weight is 327 g/mol. The van der Waals surface area contributed by atoms with Crippen LogP contribution in [0.4, 0.5) is 5.69 Å². The van der Waals surface area contributed by atoms with Crippen molar-refractivity contribution >= 4 is 29.4 Å². The summed E-state index contributed by atoms with van der Waals surface area (Å²) in [4.78, 5) is 48.9. The highest BCUT2D eigenvalue weighted by Crippen LogP contribution is 2.53. The van der Waals surface area contributed by atoms with E-state index in [2.05, 4.69) is 0 Å². The van der Waals surface area contributed by atoms with Crippen LogP contribution in [0, 0.1) is 23.7 Å². The van der Waals surface area contributed by atoms with Gasteiger partial charge in [-0.2, -0.15) is 0 Å². The van der Waals surface area contributed by atoms with Crippen molar-refractivity contribution in [3.63, 3.8) is 0 Å². The number of imide groups is 1. The summed E-state index contributed by atoms with van der Waals surface area (Å²) in [6.07, 6.45) is 4.70. The van der Waals surface area contributed by atoms with Gasteiger partial charge in [0.25, 0.3) is 0 Å². The Balaban J connectivity index is 1.79. The standard InChI is InChI=1S/C17H13NO6/c19-14-12-7-1-2-8(3-7)13(12)15(20)18(14)11-5-9(16(21)22)4-10(6-11)17(23)24/h1-2,4-8,12-13H,3H2,(H,21,22)(H,23,24)/t7-,8+,12-,13-/m0/s1. The van der Waals surface area contributed by atoms with Crippen molar-refractivity contribution in [2.45, 2.75) is 6.42 Å². The monoisotopic (exact) mass is 327 g/mol. The quantitative estimate of drug-likeness (QED) is 0.641. The molecule has 2 amide bonds. The van der Waals surface area contributed by atoms with Gasteiger partial charge in [0, 0.05) is 0 Å². The SMILES string of the molecule is O=C(O)c1cc(C(=O)O)cc(N2C(=O)[C@@H]3[C@@H](C2=O)[C@H]2C=C[C@@H]3C2)c1. The molecule has 0 spiro atoms. The summed E-state index contributed by atoms with van der Waals surface area (Å²) in [6, 6.07) is 3.34. The number of carbonyl (C=O) groups excluding carboxylic acids is 2. The smallest absolute Gasteiger partial charge is 0.335 e. The Kier molecular flexibility index (Phi) is 2.90. The lowest BCUT2D eigenvalue weighted by Crippen LogP contribution is -2.33. The Morgan fingerprint density at radius 2 is 1.33 bits per heavy atom. The number of rotatable bonds is 3. The first kappa shape index (κ1) is 14.6. The number of anilines is 1. The fourth-order valence-electron chi connectivity index (χ4n) is 4.14. The molecule has 24 heavy (non-hydrogen) atoms. The van der Waals surface area contributed by atoms with Crippen LogP contribution in [-0.4, -0.2) is 34.0 Å². The summed E-state index contributed by atoms with van der Waals surface area (Å²) in [6.45, 7) is 0. The van der Waals surface area contributed by atoms with Crippen molar-refractivity contribution < 1.29 is 29.4 Å². The molecule has 0 radical (unpaired) electrons. The molecule has 0 aromatic heterocycles. The number of carboxylic acid groups (broad SMARTS) is 2. The Morgan fingerprint density at radius 3 is 1.75 bits per heavy atom. The van der Waals surface area contributed by atoms with Gasteiger partial charge in [-0.25, -0.2) is 14.5 Å². The lowest BCUT2D eigenvalue weighted by Gasteiger charge is -2.18. The Morgan fingerprint density at radius 1 is 0.875 bits per heavy atom. The summed E-state index contributed by atoms with van der Waals surface area (Å²) in [5.74, 6) is -4.17. The number of hydrogen-bond acceptors (Lipinski definition) is 4. The van der Waals surface area contributed by atoms with E-state index in [4.69, 9.17) is 10.2 Å². The summed E-state index contributed by atoms with van der Waals surface area (Å²) >= 11 is 0. The van der Waals surface area contributed by atoms with E-state index in [1.54, 1.807) is 0 Å². The van der Waals surface area contributed by atoms with Crippen LogP contribution in [0.5, 0.6) is 0 Å². The zero-order valence-corrected chi connectivity index (χ0v) is 12.4. The van der Waals surface area contributed by atoms with E-state index in [1.165, 1.54) is 12.1 Å². The van der Waals surface area contributed by atoms with E-state index in [1.807, 2.05) is 12.2 Å². The zero-order chi connectivity index (χ0) is 17.2. The lowest BCUT2D eigenvalue weighted by atomic mass is 9.85. The first-order valence-corrected chi connectivity index (χ1v) is 7.56. The fourth-order valence-corrected chi connectivity index (χ4v) is 4.14. The maximum absolute atomic E-state index is 12.7. The molecule has 4 rings (SSSR count). The minimum Gasteiger partial charge on any atom is -0.478 e. The molecule has 0 unspecified atom stereocenters. The van der Waals surface area contributed by atoms with Gasteiger partial charge in [-0.3, -0.25) is 9.59 Å². The molecule has 1 saturated carbocycles. The number of nitrogens with zero attached hydrogens (tertiary/aromatic N) is 1. The van der Waals surface area contributed by atoms with E-state index in [-0.39, 0.29) is 40.5 Å². The average Bonchev–Trinajstić information content (AvgIpc) is 3.21. The van der Waals surface area contributed by atoms with Gasteiger partial charge in [0.05, 0.1) is 28.7 Å². The number of aromatic carboxylic acids is 2. The highest BCUT2D eigenvalue weighted by molar-refractivity contribution is 6.23. The molecule has 1 saturated heterocycles. The third-order valence-corrected chi connectivity index (χ3v) is 5.14. The molecular formula is C17H13NO6. The van der Waals surface area contributed by atoms with Gasteiger partial charge in [-0.1, -0.05) is 12.2 Å². The van der Waals surface area contributed by atoms with E-state index in [0.29, 0.717) is 0 Å². The van der Waals surface area contributed by atoms with Crippen molar-refractivity contribution in [1.29, 1.82) is 0 Å². The normalized spacial score (nSPS) is 30.1. The van der Waals surface area contributed by atoms with Crippen LogP contribution in [0.1, 0.15) is 27.1 Å². The van der Waals surface area contributed by atoms with Gasteiger partial charge >= 0.3 is 11.9 Å². The molecule has 3 aliphatic rings. The number of benzene rings is 1. The van der Waals surface area contributed by atoms with Gasteiger partial charge < -0.3 is 10.2 Å². The summed E-state index contributed by atoms with van der Waals surface area (Å²) in [7, 11) is 0. The molecule has 2 fully saturated rings. The second kappa shape index (κ2) is 4.77. The number of hydrogen-bond donors (Lipinski definition) is 2. The van der Waals surface area contributed by atoms with Crippen molar-refractivity contribution in [2.75, 3.05) is 4.90 Å². The van der Waals surface area contributed by atoms with Gasteiger partial charge in [0.1, 0.15) is 0 Å². The number of carboxylic acids is 2. The predicted octanol–water partition coefficient (Wildman–Crippen LogP) is 1.39. The Labute approximate surface area is 136 Å². The van der Waals surface area contributed by atoms with Crippen LogP contribution in [0.2, 0.25) is 0 Å². The van der Waals surface area contributed by atoms with Gasteiger partial charge in [-0.05, 0) is 36.5 Å². The molecule has 7 heteroatoms. The van der Waals surface area contributed by atoms with E-state index >= 15 is 0 Å². The van der Waals surface area contributed by atoms with Crippen LogP contribution in [0.3, 0.4) is 0 Å². The van der Waals surface area contributed by atoms with E-state index in [0.717, 1.165) is 17.4 Å². The van der Waals surface area contributed by atoms with E-state index < -0.39 is 23.8 Å². The lowest BCUT2D eigenvalue weighted by molar-refractivity contribution is -0.123. The zero-order valence-electron chi connectivity index (χ0n) is 12.4. The fraction of sp³-hybridized carbons (Fsp3) is 0.294. The van der Waals surface area contributed by atoms with Crippen LogP contribution in [-0.2, 0) is 9.59 Å². The summed E-state index contributed by atoms with van der Waals surface area (Å²) < 4.78 is 0. The first-order valence-electron chi connectivity index (χ1n) is 7.56. The topological polar surface area (TPSA) is 112 Å². The second-order valence-electron chi connectivity index (χ2n) is 6.39. The van der Waals surface area contributed by atoms with Crippen LogP contribution < -0.4 is 4.90 Å². The van der Waals surface area contributed by atoms with Crippen LogP contribution in [0.15, 0.2) is 30.4 Å². The van der Waals surface area contributed by atoms with Gasteiger partial charge in [-0.15, -0.1) is 0 Å². The highest BCUT2D eigenvalue weighted by atomic mass is 16.4. The maximum Gasteiger partial charge on any atom is 0.335 e. The summed E-state index contributed by atoms with van der Waals surface area (Å²) in [5, 5.41) is 18.3. The molecular weight excluding hydrogens is 314 g/mol. The van der Waals surface area contributed by atoms with Gasteiger partial charge in [0.2, 0.25) is 11.8 Å². The molecule has 4 atom stereocenters. The van der Waals surface area contributed by atoms with E-state index in [9.17, 15) is 19.2 Å². The number of allylic oxidation sites excluding steroid dienone is 2. The highest BCUT2D eigenvalue weighted by Gasteiger charge is 2.59. The molecule has 122 valence electrons. The Hall–Kier alpha value is -2.96. The minimum absolute atomic E-state index is 0.0103. The van der Waals surface area contributed by atoms with Crippen molar-refractivity contribution in [1.82, 2.24) is 0 Å². The number of fused-ring (bicyclic) bond motifs is 5. The van der Waals surface area contributed by atoms with Crippen LogP contribution in [0.25, 0.3) is 0 Å². The Bertz CT molecular complexity index is 779. The molecule has 2 bridgehead atoms. The molecule has 1 aromatic carbocycles. The maximum atomic E-state index is 12.7. The molecule has 2 N–H and O–H groups in total. The second-order valence-corrected chi connectivity index (χ2v) is 6.39. The van der Waals surface area contributed by atoms with Crippen molar-refractivity contribution in [3.8, 4) is 0 Å². The number of carbonyl (C=O) groups is 4. The number of amides is 2. The van der Waals surface area contributed by atoms with Crippen LogP contribution >= 0.6 is 0 Å².